The third-order valence-electron chi connectivity index (χ3n) is 5.64. The van der Waals surface area contributed by atoms with E-state index in [1.54, 1.807) is 4.90 Å². The second kappa shape index (κ2) is 7.84. The summed E-state index contributed by atoms with van der Waals surface area (Å²) in [4.78, 5) is 14.7. The van der Waals surface area contributed by atoms with Crippen molar-refractivity contribution in [3.05, 3.63) is 88.4 Å². The minimum atomic E-state index is -0.494. The Kier molecular flexibility index (Phi) is 5.09. The van der Waals surface area contributed by atoms with E-state index in [9.17, 15) is 10.1 Å². The molecule has 2 aromatic carbocycles. The summed E-state index contributed by atoms with van der Waals surface area (Å²) in [5.41, 5.74) is 10.2. The van der Waals surface area contributed by atoms with Crippen molar-refractivity contribution < 1.29 is 9.53 Å². The van der Waals surface area contributed by atoms with E-state index >= 15 is 0 Å². The van der Waals surface area contributed by atoms with Crippen molar-refractivity contribution in [3.63, 3.8) is 0 Å². The first kappa shape index (κ1) is 18.8. The Balaban J connectivity index is 1.79. The minimum Gasteiger partial charge on any atom is -0.489 e. The van der Waals surface area contributed by atoms with Crippen LogP contribution in [0, 0.1) is 11.3 Å². The van der Waals surface area contributed by atoms with Gasteiger partial charge in [-0.15, -0.1) is 0 Å². The van der Waals surface area contributed by atoms with Crippen LogP contribution in [0.3, 0.4) is 0 Å². The Hall–Kier alpha value is -3.52. The fourth-order valence-corrected chi connectivity index (χ4v) is 4.16. The average Bonchev–Trinajstić information content (AvgIpc) is 2.76. The van der Waals surface area contributed by atoms with Crippen LogP contribution in [0.2, 0.25) is 0 Å². The zero-order valence-electron chi connectivity index (χ0n) is 16.4. The van der Waals surface area contributed by atoms with Crippen LogP contribution in [0.1, 0.15) is 36.3 Å². The molecular weight excluding hydrogens is 362 g/mol. The Morgan fingerprint density at radius 1 is 1.14 bits per heavy atom. The van der Waals surface area contributed by atoms with Gasteiger partial charge in [-0.1, -0.05) is 48.5 Å². The number of allylic oxidation sites excluding steroid dienone is 3. The highest BCUT2D eigenvalue weighted by molar-refractivity contribution is 6.00. The van der Waals surface area contributed by atoms with Crippen LogP contribution in [-0.4, -0.2) is 17.7 Å². The van der Waals surface area contributed by atoms with Crippen molar-refractivity contribution >= 4 is 5.78 Å². The van der Waals surface area contributed by atoms with Crippen LogP contribution in [0.15, 0.2) is 77.3 Å². The number of benzene rings is 2. The first-order valence-corrected chi connectivity index (χ1v) is 9.77. The Bertz CT molecular complexity index is 1050. The SMILES string of the molecule is CN1C(N)=C(C#N)[C@@H](c2ccccc2OCc2ccccc2)C2=C1CCCC2=O. The summed E-state index contributed by atoms with van der Waals surface area (Å²) in [6.07, 6.45) is 2.07. The largest absolute Gasteiger partial charge is 0.489 e. The first-order valence-electron chi connectivity index (χ1n) is 9.77. The van der Waals surface area contributed by atoms with Gasteiger partial charge in [0.1, 0.15) is 18.2 Å². The maximum absolute atomic E-state index is 12.9. The summed E-state index contributed by atoms with van der Waals surface area (Å²) in [5.74, 6) is 0.660. The zero-order valence-corrected chi connectivity index (χ0v) is 16.4. The van der Waals surface area contributed by atoms with Crippen LogP contribution in [0.25, 0.3) is 0 Å². The molecule has 0 spiro atoms. The molecule has 0 bridgehead atoms. The number of nitrogens with zero attached hydrogens (tertiary/aromatic N) is 2. The van der Waals surface area contributed by atoms with Crippen molar-refractivity contribution in [3.8, 4) is 11.8 Å². The smallest absolute Gasteiger partial charge is 0.161 e. The van der Waals surface area contributed by atoms with E-state index in [0.717, 1.165) is 29.7 Å². The molecule has 4 rings (SSSR count). The lowest BCUT2D eigenvalue weighted by atomic mass is 9.75. The molecule has 5 heteroatoms. The molecule has 0 saturated heterocycles. The Morgan fingerprint density at radius 2 is 1.86 bits per heavy atom. The van der Waals surface area contributed by atoms with Gasteiger partial charge in [0.2, 0.25) is 0 Å². The van der Waals surface area contributed by atoms with Gasteiger partial charge in [0.15, 0.2) is 5.78 Å². The Labute approximate surface area is 170 Å². The predicted octanol–water partition coefficient (Wildman–Crippen LogP) is 4.00. The molecule has 0 fully saturated rings. The third kappa shape index (κ3) is 3.38. The summed E-state index contributed by atoms with van der Waals surface area (Å²) in [5, 5.41) is 9.90. The van der Waals surface area contributed by atoms with Gasteiger partial charge in [-0.05, 0) is 24.5 Å². The van der Waals surface area contributed by atoms with Crippen LogP contribution in [0.5, 0.6) is 5.75 Å². The van der Waals surface area contributed by atoms with Crippen molar-refractivity contribution in [2.75, 3.05) is 7.05 Å². The number of ketones is 1. The van der Waals surface area contributed by atoms with Gasteiger partial charge in [0.25, 0.3) is 0 Å². The number of carbonyl (C=O) groups is 1. The number of hydrogen-bond acceptors (Lipinski definition) is 5. The van der Waals surface area contributed by atoms with Crippen molar-refractivity contribution in [1.82, 2.24) is 4.90 Å². The van der Waals surface area contributed by atoms with E-state index in [1.165, 1.54) is 0 Å². The number of Topliss-reactive ketones (excluding diaryl/α,β-unsaturated/α-hetero) is 1. The first-order chi connectivity index (χ1) is 14.1. The predicted molar refractivity (Wildman–Crippen MR) is 110 cm³/mol. The van der Waals surface area contributed by atoms with Gasteiger partial charge >= 0.3 is 0 Å². The molecule has 1 atom stereocenters. The molecular formula is C24H23N3O2. The van der Waals surface area contributed by atoms with Crippen molar-refractivity contribution in [2.45, 2.75) is 31.8 Å². The molecule has 0 saturated carbocycles. The second-order valence-electron chi connectivity index (χ2n) is 7.35. The molecule has 0 unspecified atom stereocenters. The van der Waals surface area contributed by atoms with Crippen molar-refractivity contribution in [2.24, 2.45) is 5.73 Å². The molecule has 2 N–H and O–H groups in total. The molecule has 1 aliphatic carbocycles. The lowest BCUT2D eigenvalue weighted by molar-refractivity contribution is -0.116. The quantitative estimate of drug-likeness (QED) is 0.861. The van der Waals surface area contributed by atoms with Gasteiger partial charge in [-0.25, -0.2) is 0 Å². The number of ether oxygens (including phenoxy) is 1. The highest BCUT2D eigenvalue weighted by Crippen LogP contribution is 2.46. The van der Waals surface area contributed by atoms with E-state index < -0.39 is 5.92 Å². The summed E-state index contributed by atoms with van der Waals surface area (Å²) < 4.78 is 6.13. The lowest BCUT2D eigenvalue weighted by Crippen LogP contribution is -2.36. The zero-order chi connectivity index (χ0) is 20.4. The van der Waals surface area contributed by atoms with Crippen LogP contribution in [0.4, 0.5) is 0 Å². The van der Waals surface area contributed by atoms with Crippen LogP contribution in [-0.2, 0) is 11.4 Å². The number of nitrogens with two attached hydrogens (primary N) is 1. The maximum atomic E-state index is 12.9. The average molecular weight is 385 g/mol. The highest BCUT2D eigenvalue weighted by atomic mass is 16.5. The van der Waals surface area contributed by atoms with Crippen LogP contribution >= 0.6 is 0 Å². The van der Waals surface area contributed by atoms with E-state index in [4.69, 9.17) is 10.5 Å². The second-order valence-corrected chi connectivity index (χ2v) is 7.35. The van der Waals surface area contributed by atoms with E-state index in [0.29, 0.717) is 35.7 Å². The molecule has 146 valence electrons. The summed E-state index contributed by atoms with van der Waals surface area (Å²) >= 11 is 0. The maximum Gasteiger partial charge on any atom is 0.161 e. The van der Waals surface area contributed by atoms with Gasteiger partial charge in [-0.3, -0.25) is 4.79 Å². The molecule has 1 aliphatic heterocycles. The third-order valence-corrected chi connectivity index (χ3v) is 5.64. The lowest BCUT2D eigenvalue weighted by Gasteiger charge is -2.38. The Morgan fingerprint density at radius 3 is 2.62 bits per heavy atom. The van der Waals surface area contributed by atoms with Gasteiger partial charge < -0.3 is 15.4 Å². The van der Waals surface area contributed by atoms with E-state index in [2.05, 4.69) is 6.07 Å². The summed E-state index contributed by atoms with van der Waals surface area (Å²) in [6.45, 7) is 0.408. The number of rotatable bonds is 4. The molecule has 0 amide bonds. The number of para-hydroxylation sites is 1. The topological polar surface area (TPSA) is 79.3 Å². The van der Waals surface area contributed by atoms with Crippen molar-refractivity contribution in [1.29, 1.82) is 5.26 Å². The molecule has 29 heavy (non-hydrogen) atoms. The fourth-order valence-electron chi connectivity index (χ4n) is 4.16. The standard InChI is InChI=1S/C24H23N3O2/c1-27-19-11-7-12-20(28)23(19)22(18(14-25)24(27)26)17-10-5-6-13-21(17)29-15-16-8-3-2-4-9-16/h2-6,8-10,13,22H,7,11-12,15,26H2,1H3/t22-/m1/s1. The van der Waals surface area contributed by atoms with E-state index in [-0.39, 0.29) is 5.78 Å². The molecule has 2 aromatic rings. The van der Waals surface area contributed by atoms with Gasteiger partial charge in [0, 0.05) is 30.3 Å². The summed E-state index contributed by atoms with van der Waals surface area (Å²) in [7, 11) is 1.83. The molecule has 0 radical (unpaired) electrons. The van der Waals surface area contributed by atoms with Gasteiger partial charge in [-0.2, -0.15) is 5.26 Å². The normalized spacial score (nSPS) is 19.1. The number of carbonyl (C=O) groups excluding carboxylic acids is 1. The molecule has 1 heterocycles. The van der Waals surface area contributed by atoms with Gasteiger partial charge in [0.05, 0.1) is 17.6 Å². The number of nitriles is 1. The van der Waals surface area contributed by atoms with Crippen LogP contribution < -0.4 is 10.5 Å². The monoisotopic (exact) mass is 385 g/mol. The van der Waals surface area contributed by atoms with E-state index in [1.807, 2.05) is 61.6 Å². The minimum absolute atomic E-state index is 0.0845. The molecule has 2 aliphatic rings. The number of hydrogen-bond donors (Lipinski definition) is 1. The molecule has 5 nitrogen and oxygen atoms in total. The highest BCUT2D eigenvalue weighted by Gasteiger charge is 2.39. The fraction of sp³-hybridized carbons (Fsp3) is 0.250. The summed E-state index contributed by atoms with van der Waals surface area (Å²) in [6, 6.07) is 19.8. The molecule has 0 aromatic heterocycles.